The van der Waals surface area contributed by atoms with Crippen molar-refractivity contribution < 1.29 is 14.3 Å². The molecule has 23 heavy (non-hydrogen) atoms. The lowest BCUT2D eigenvalue weighted by molar-refractivity contribution is -0.124. The highest BCUT2D eigenvalue weighted by molar-refractivity contribution is 5.75. The van der Waals surface area contributed by atoms with Gasteiger partial charge in [-0.3, -0.25) is 9.69 Å². The molecule has 1 N–H and O–H groups in total. The number of ether oxygens (including phenoxy) is 2. The molecule has 2 rings (SSSR count). The maximum Gasteiger partial charge on any atom is 0.316 e. The van der Waals surface area contributed by atoms with Crippen molar-refractivity contribution in [2.24, 2.45) is 0 Å². The summed E-state index contributed by atoms with van der Waals surface area (Å²) in [5, 5.41) is 2.67. The Balaban J connectivity index is 1.96. The first-order valence-electron chi connectivity index (χ1n) is 7.94. The lowest BCUT2D eigenvalue weighted by Crippen LogP contribution is -2.49. The molecule has 0 bridgehead atoms. The van der Waals surface area contributed by atoms with Crippen LogP contribution in [0.5, 0.6) is 6.01 Å². The minimum Gasteiger partial charge on any atom is -0.467 e. The van der Waals surface area contributed by atoms with Gasteiger partial charge in [0.15, 0.2) is 0 Å². The number of aromatic nitrogens is 2. The molecule has 1 saturated heterocycles. The van der Waals surface area contributed by atoms with Crippen molar-refractivity contribution in [3.63, 3.8) is 0 Å². The molecular formula is C16H26N4O3. The molecule has 1 aliphatic rings. The van der Waals surface area contributed by atoms with E-state index in [1.807, 2.05) is 0 Å². The van der Waals surface area contributed by atoms with Crippen LogP contribution in [0.1, 0.15) is 31.2 Å². The van der Waals surface area contributed by atoms with Crippen LogP contribution in [0.3, 0.4) is 0 Å². The molecule has 7 heteroatoms. The van der Waals surface area contributed by atoms with Crippen molar-refractivity contribution in [1.29, 1.82) is 0 Å². The molecule has 0 spiro atoms. The van der Waals surface area contributed by atoms with Crippen molar-refractivity contribution in [2.75, 3.05) is 34.4 Å². The topological polar surface area (TPSA) is 76.6 Å². The summed E-state index contributed by atoms with van der Waals surface area (Å²) in [5.41, 5.74) is 0.793. The van der Waals surface area contributed by atoms with Crippen LogP contribution in [0.15, 0.2) is 12.4 Å². The van der Waals surface area contributed by atoms with Crippen LogP contribution in [0.25, 0.3) is 0 Å². The molecule has 1 amide bonds. The molecule has 0 aromatic carbocycles. The van der Waals surface area contributed by atoms with E-state index in [1.54, 1.807) is 33.7 Å². The van der Waals surface area contributed by atoms with E-state index in [9.17, 15) is 4.79 Å². The molecule has 1 fully saturated rings. The van der Waals surface area contributed by atoms with Crippen molar-refractivity contribution in [3.05, 3.63) is 18.0 Å². The fourth-order valence-corrected chi connectivity index (χ4v) is 3.05. The van der Waals surface area contributed by atoms with Crippen LogP contribution in [-0.2, 0) is 16.1 Å². The summed E-state index contributed by atoms with van der Waals surface area (Å²) in [5.74, 6) is 0.0575. The van der Waals surface area contributed by atoms with E-state index in [2.05, 4.69) is 20.2 Å². The van der Waals surface area contributed by atoms with E-state index in [1.165, 1.54) is 0 Å². The first kappa shape index (κ1) is 17.6. The Morgan fingerprint density at radius 3 is 2.74 bits per heavy atom. The molecule has 0 saturated carbocycles. The zero-order valence-electron chi connectivity index (χ0n) is 14.2. The van der Waals surface area contributed by atoms with E-state index in [0.29, 0.717) is 12.4 Å². The number of methoxy groups -OCH3 is 2. The molecule has 1 aromatic rings. The predicted octanol–water partition coefficient (Wildman–Crippen LogP) is 0.992. The zero-order chi connectivity index (χ0) is 16.7. The van der Waals surface area contributed by atoms with E-state index in [0.717, 1.165) is 44.5 Å². The van der Waals surface area contributed by atoms with Gasteiger partial charge in [-0.05, 0) is 25.8 Å². The summed E-state index contributed by atoms with van der Waals surface area (Å²) in [6, 6.07) is 0.379. The number of amides is 1. The lowest BCUT2D eigenvalue weighted by Gasteiger charge is -2.42. The number of rotatable bonds is 7. The third-order valence-corrected chi connectivity index (χ3v) is 4.41. The van der Waals surface area contributed by atoms with Gasteiger partial charge in [0.1, 0.15) is 0 Å². The molecule has 1 aliphatic heterocycles. The van der Waals surface area contributed by atoms with Gasteiger partial charge in [-0.15, -0.1) is 0 Å². The summed E-state index contributed by atoms with van der Waals surface area (Å²) >= 11 is 0. The largest absolute Gasteiger partial charge is 0.467 e. The Hall–Kier alpha value is -1.73. The van der Waals surface area contributed by atoms with Crippen molar-refractivity contribution >= 4 is 5.91 Å². The maximum absolute atomic E-state index is 11.5. The highest BCUT2D eigenvalue weighted by Crippen LogP contribution is 2.30. The smallest absolute Gasteiger partial charge is 0.316 e. The quantitative estimate of drug-likeness (QED) is 0.807. The Bertz CT molecular complexity index is 509. The van der Waals surface area contributed by atoms with Gasteiger partial charge in [-0.1, -0.05) is 0 Å². The molecule has 2 heterocycles. The number of nitrogens with zero attached hydrogens (tertiary/aromatic N) is 3. The Morgan fingerprint density at radius 2 is 2.13 bits per heavy atom. The van der Waals surface area contributed by atoms with Crippen LogP contribution in [0.4, 0.5) is 0 Å². The number of nitrogens with one attached hydrogen (secondary N) is 1. The van der Waals surface area contributed by atoms with Crippen LogP contribution < -0.4 is 10.1 Å². The van der Waals surface area contributed by atoms with Gasteiger partial charge in [0.25, 0.3) is 0 Å². The Kier molecular flexibility index (Phi) is 6.29. The van der Waals surface area contributed by atoms with E-state index in [4.69, 9.17) is 9.47 Å². The first-order chi connectivity index (χ1) is 11.1. The maximum atomic E-state index is 11.5. The lowest BCUT2D eigenvalue weighted by atomic mass is 9.87. The summed E-state index contributed by atoms with van der Waals surface area (Å²) in [7, 11) is 4.96. The second kappa shape index (κ2) is 8.21. The Labute approximate surface area is 137 Å². The SMILES string of the molecule is CNC(=O)CCC1(OC)CCCN(Cc2cnc(OC)nc2)C1. The average molecular weight is 322 g/mol. The van der Waals surface area contributed by atoms with Crippen LogP contribution in [0, 0.1) is 0 Å². The normalized spacial score (nSPS) is 21.9. The number of hydrogen-bond acceptors (Lipinski definition) is 6. The van der Waals surface area contributed by atoms with Gasteiger partial charge in [0.2, 0.25) is 5.91 Å². The van der Waals surface area contributed by atoms with Crippen LogP contribution in [-0.4, -0.2) is 60.7 Å². The third-order valence-electron chi connectivity index (χ3n) is 4.41. The summed E-state index contributed by atoms with van der Waals surface area (Å²) in [6.07, 6.45) is 6.84. The number of piperidine rings is 1. The van der Waals surface area contributed by atoms with Crippen LogP contribution in [0.2, 0.25) is 0 Å². The van der Waals surface area contributed by atoms with E-state index in [-0.39, 0.29) is 11.5 Å². The molecule has 1 atom stereocenters. The van der Waals surface area contributed by atoms with Crippen molar-refractivity contribution in [1.82, 2.24) is 20.2 Å². The van der Waals surface area contributed by atoms with E-state index < -0.39 is 0 Å². The highest BCUT2D eigenvalue weighted by Gasteiger charge is 2.35. The summed E-state index contributed by atoms with van der Waals surface area (Å²) < 4.78 is 10.8. The Morgan fingerprint density at radius 1 is 1.39 bits per heavy atom. The molecule has 0 radical (unpaired) electrons. The fraction of sp³-hybridized carbons (Fsp3) is 0.688. The van der Waals surface area contributed by atoms with E-state index >= 15 is 0 Å². The van der Waals surface area contributed by atoms with Crippen molar-refractivity contribution in [3.8, 4) is 6.01 Å². The molecule has 0 aliphatic carbocycles. The highest BCUT2D eigenvalue weighted by atomic mass is 16.5. The van der Waals surface area contributed by atoms with Gasteiger partial charge < -0.3 is 14.8 Å². The first-order valence-corrected chi connectivity index (χ1v) is 7.94. The number of hydrogen-bond donors (Lipinski definition) is 1. The second-order valence-electron chi connectivity index (χ2n) is 5.95. The third kappa shape index (κ3) is 4.87. The minimum atomic E-state index is -0.252. The van der Waals surface area contributed by atoms with Gasteiger partial charge in [-0.25, -0.2) is 9.97 Å². The predicted molar refractivity (Wildman–Crippen MR) is 86.1 cm³/mol. The summed E-state index contributed by atoms with van der Waals surface area (Å²) in [6.45, 7) is 2.60. The number of likely N-dealkylation sites (tertiary alicyclic amines) is 1. The molecule has 1 unspecified atom stereocenters. The summed E-state index contributed by atoms with van der Waals surface area (Å²) in [4.78, 5) is 22.2. The molecule has 7 nitrogen and oxygen atoms in total. The van der Waals surface area contributed by atoms with Gasteiger partial charge in [0, 0.05) is 51.6 Å². The fourth-order valence-electron chi connectivity index (χ4n) is 3.05. The number of carbonyl (C=O) groups is 1. The van der Waals surface area contributed by atoms with Gasteiger partial charge in [0.05, 0.1) is 12.7 Å². The molecule has 128 valence electrons. The minimum absolute atomic E-state index is 0.0575. The standard InChI is InChI=1S/C16H26N4O3/c1-17-14(21)5-7-16(23-3)6-4-8-20(12-16)11-13-9-18-15(22-2)19-10-13/h9-10H,4-8,11-12H2,1-3H3,(H,17,21). The van der Waals surface area contributed by atoms with Gasteiger partial charge in [-0.2, -0.15) is 0 Å². The average Bonchev–Trinajstić information content (AvgIpc) is 2.60. The van der Waals surface area contributed by atoms with Gasteiger partial charge >= 0.3 is 6.01 Å². The zero-order valence-corrected chi connectivity index (χ0v) is 14.2. The van der Waals surface area contributed by atoms with Crippen molar-refractivity contribution in [2.45, 2.75) is 37.8 Å². The molecular weight excluding hydrogens is 296 g/mol. The molecule has 1 aromatic heterocycles. The second-order valence-corrected chi connectivity index (χ2v) is 5.95. The number of carbonyl (C=O) groups excluding carboxylic acids is 1. The van der Waals surface area contributed by atoms with Crippen LogP contribution >= 0.6 is 0 Å². The monoisotopic (exact) mass is 322 g/mol.